The van der Waals surface area contributed by atoms with Crippen molar-refractivity contribution in [3.05, 3.63) is 29.8 Å². The summed E-state index contributed by atoms with van der Waals surface area (Å²) >= 11 is 0. The molecule has 1 fully saturated rings. The van der Waals surface area contributed by atoms with Crippen molar-refractivity contribution >= 4 is 5.69 Å². The first-order chi connectivity index (χ1) is 8.22. The number of likely N-dealkylation sites (tertiary alicyclic amines) is 1. The monoisotopic (exact) mass is 229 g/mol. The van der Waals surface area contributed by atoms with Gasteiger partial charge in [-0.2, -0.15) is 5.26 Å². The molecule has 1 heterocycles. The molecule has 0 spiro atoms. The van der Waals surface area contributed by atoms with Crippen molar-refractivity contribution in [2.75, 3.05) is 32.1 Å². The van der Waals surface area contributed by atoms with Crippen LogP contribution in [0.5, 0.6) is 0 Å². The molecule has 0 radical (unpaired) electrons. The van der Waals surface area contributed by atoms with Crippen molar-refractivity contribution < 1.29 is 0 Å². The van der Waals surface area contributed by atoms with E-state index in [0.29, 0.717) is 6.04 Å². The van der Waals surface area contributed by atoms with E-state index < -0.39 is 0 Å². The van der Waals surface area contributed by atoms with Gasteiger partial charge >= 0.3 is 0 Å². The van der Waals surface area contributed by atoms with E-state index in [1.165, 1.54) is 12.8 Å². The smallest absolute Gasteiger partial charge is 0.101 e. The molecule has 0 bridgehead atoms. The first-order valence-electron chi connectivity index (χ1n) is 6.13. The normalized spacial score (nSPS) is 17.7. The van der Waals surface area contributed by atoms with E-state index in [1.807, 2.05) is 24.3 Å². The Bertz CT molecular complexity index is 414. The highest BCUT2D eigenvalue weighted by atomic mass is 15.2. The zero-order valence-electron chi connectivity index (χ0n) is 10.6. The zero-order valence-corrected chi connectivity index (χ0v) is 10.6. The fraction of sp³-hybridized carbons (Fsp3) is 0.500. The van der Waals surface area contributed by atoms with E-state index in [2.05, 4.69) is 30.0 Å². The highest BCUT2D eigenvalue weighted by Gasteiger charge is 2.21. The van der Waals surface area contributed by atoms with E-state index in [0.717, 1.165) is 24.3 Å². The van der Waals surface area contributed by atoms with Crippen molar-refractivity contribution in [3.8, 4) is 6.07 Å². The standard InChI is InChI=1S/C14H19N3/c1-16-9-7-13(8-10-16)17(2)14-6-4-3-5-12(14)11-15/h3-6,13H,7-10H2,1-2H3. The average Bonchev–Trinajstić information content (AvgIpc) is 2.39. The van der Waals surface area contributed by atoms with Crippen LogP contribution in [-0.4, -0.2) is 38.1 Å². The first-order valence-corrected chi connectivity index (χ1v) is 6.13. The summed E-state index contributed by atoms with van der Waals surface area (Å²) in [4.78, 5) is 4.63. The zero-order chi connectivity index (χ0) is 12.3. The molecule has 0 unspecified atom stereocenters. The molecule has 1 aromatic rings. The minimum atomic E-state index is 0.556. The van der Waals surface area contributed by atoms with E-state index in [4.69, 9.17) is 5.26 Å². The summed E-state index contributed by atoms with van der Waals surface area (Å²) in [6, 6.07) is 10.7. The summed E-state index contributed by atoms with van der Waals surface area (Å²) in [5.74, 6) is 0. The van der Waals surface area contributed by atoms with Crippen molar-refractivity contribution in [3.63, 3.8) is 0 Å². The third-order valence-corrected chi connectivity index (χ3v) is 3.64. The predicted octanol–water partition coefficient (Wildman–Crippen LogP) is 2.09. The lowest BCUT2D eigenvalue weighted by atomic mass is 10.0. The van der Waals surface area contributed by atoms with Gasteiger partial charge in [0.2, 0.25) is 0 Å². The lowest BCUT2D eigenvalue weighted by molar-refractivity contribution is 0.253. The minimum Gasteiger partial charge on any atom is -0.370 e. The van der Waals surface area contributed by atoms with Gasteiger partial charge in [0.25, 0.3) is 0 Å². The lowest BCUT2D eigenvalue weighted by Crippen LogP contribution is -2.42. The van der Waals surface area contributed by atoms with E-state index in [1.54, 1.807) is 0 Å². The second-order valence-electron chi connectivity index (χ2n) is 4.77. The van der Waals surface area contributed by atoms with Crippen LogP contribution in [0.4, 0.5) is 5.69 Å². The van der Waals surface area contributed by atoms with Crippen molar-refractivity contribution in [2.45, 2.75) is 18.9 Å². The van der Waals surface area contributed by atoms with Crippen LogP contribution < -0.4 is 4.90 Å². The molecule has 1 aliphatic rings. The van der Waals surface area contributed by atoms with E-state index in [9.17, 15) is 0 Å². The molecule has 0 N–H and O–H groups in total. The van der Waals surface area contributed by atoms with Gasteiger partial charge in [-0.05, 0) is 45.1 Å². The van der Waals surface area contributed by atoms with Crippen molar-refractivity contribution in [1.29, 1.82) is 5.26 Å². The maximum atomic E-state index is 9.12. The highest BCUT2D eigenvalue weighted by Crippen LogP contribution is 2.24. The molecule has 0 aliphatic carbocycles. The Hall–Kier alpha value is -1.53. The summed E-state index contributed by atoms with van der Waals surface area (Å²) in [6.45, 7) is 2.29. The van der Waals surface area contributed by atoms with Gasteiger partial charge in [0.15, 0.2) is 0 Å². The van der Waals surface area contributed by atoms with Crippen LogP contribution in [0, 0.1) is 11.3 Å². The number of rotatable bonds is 2. The molecule has 0 aromatic heterocycles. The van der Waals surface area contributed by atoms with Crippen LogP contribution in [0.3, 0.4) is 0 Å². The highest BCUT2D eigenvalue weighted by molar-refractivity contribution is 5.59. The molecule has 0 saturated carbocycles. The van der Waals surface area contributed by atoms with Gasteiger partial charge in [0, 0.05) is 13.1 Å². The summed E-state index contributed by atoms with van der Waals surface area (Å²) < 4.78 is 0. The average molecular weight is 229 g/mol. The summed E-state index contributed by atoms with van der Waals surface area (Å²) in [7, 11) is 4.27. The van der Waals surface area contributed by atoms with Crippen LogP contribution >= 0.6 is 0 Å². The maximum Gasteiger partial charge on any atom is 0.101 e. The third kappa shape index (κ3) is 2.59. The number of para-hydroxylation sites is 1. The SMILES string of the molecule is CN1CCC(N(C)c2ccccc2C#N)CC1. The quantitative estimate of drug-likeness (QED) is 0.778. The molecule has 3 nitrogen and oxygen atoms in total. The summed E-state index contributed by atoms with van der Waals surface area (Å²) in [6.07, 6.45) is 2.35. The molecule has 0 atom stereocenters. The Morgan fingerprint density at radius 3 is 2.59 bits per heavy atom. The van der Waals surface area contributed by atoms with Crippen LogP contribution in [0.1, 0.15) is 18.4 Å². The van der Waals surface area contributed by atoms with Gasteiger partial charge < -0.3 is 9.80 Å². The largest absolute Gasteiger partial charge is 0.370 e. The van der Waals surface area contributed by atoms with E-state index >= 15 is 0 Å². The number of hydrogen-bond acceptors (Lipinski definition) is 3. The third-order valence-electron chi connectivity index (χ3n) is 3.64. The molecule has 1 saturated heterocycles. The molecule has 1 aromatic carbocycles. The van der Waals surface area contributed by atoms with Crippen LogP contribution in [0.25, 0.3) is 0 Å². The maximum absolute atomic E-state index is 9.12. The molecule has 1 aliphatic heterocycles. The van der Waals surface area contributed by atoms with Gasteiger partial charge in [-0.15, -0.1) is 0 Å². The van der Waals surface area contributed by atoms with Gasteiger partial charge in [0.05, 0.1) is 11.3 Å². The van der Waals surface area contributed by atoms with Gasteiger partial charge in [-0.3, -0.25) is 0 Å². The van der Waals surface area contributed by atoms with Crippen LogP contribution in [0.15, 0.2) is 24.3 Å². The topological polar surface area (TPSA) is 30.3 Å². The van der Waals surface area contributed by atoms with Crippen molar-refractivity contribution in [2.24, 2.45) is 0 Å². The Labute approximate surface area is 103 Å². The Morgan fingerprint density at radius 2 is 1.94 bits per heavy atom. The fourth-order valence-electron chi connectivity index (χ4n) is 2.45. The Balaban J connectivity index is 2.14. The number of piperidine rings is 1. The summed E-state index contributed by atoms with van der Waals surface area (Å²) in [5, 5.41) is 9.12. The molecule has 2 rings (SSSR count). The van der Waals surface area contributed by atoms with Gasteiger partial charge in [-0.1, -0.05) is 12.1 Å². The number of benzene rings is 1. The second-order valence-corrected chi connectivity index (χ2v) is 4.77. The predicted molar refractivity (Wildman–Crippen MR) is 70.1 cm³/mol. The lowest BCUT2D eigenvalue weighted by Gasteiger charge is -2.36. The Morgan fingerprint density at radius 1 is 1.29 bits per heavy atom. The van der Waals surface area contributed by atoms with Gasteiger partial charge in [-0.25, -0.2) is 0 Å². The van der Waals surface area contributed by atoms with Crippen LogP contribution in [-0.2, 0) is 0 Å². The molecular formula is C14H19N3. The Kier molecular flexibility index (Phi) is 3.65. The molecule has 90 valence electrons. The molecule has 3 heteroatoms. The van der Waals surface area contributed by atoms with Gasteiger partial charge in [0.1, 0.15) is 6.07 Å². The summed E-state index contributed by atoms with van der Waals surface area (Å²) in [5.41, 5.74) is 1.83. The number of nitriles is 1. The van der Waals surface area contributed by atoms with Crippen LogP contribution in [0.2, 0.25) is 0 Å². The molecular weight excluding hydrogens is 210 g/mol. The number of nitrogens with zero attached hydrogens (tertiary/aromatic N) is 3. The van der Waals surface area contributed by atoms with E-state index in [-0.39, 0.29) is 0 Å². The minimum absolute atomic E-state index is 0.556. The fourth-order valence-corrected chi connectivity index (χ4v) is 2.45. The number of anilines is 1. The first kappa shape index (κ1) is 11.9. The molecule has 17 heavy (non-hydrogen) atoms. The number of hydrogen-bond donors (Lipinski definition) is 0. The second kappa shape index (κ2) is 5.20. The van der Waals surface area contributed by atoms with Crippen molar-refractivity contribution in [1.82, 2.24) is 4.90 Å². The molecule has 0 amide bonds.